The van der Waals surface area contributed by atoms with Gasteiger partial charge in [-0.2, -0.15) is 4.98 Å². The van der Waals surface area contributed by atoms with E-state index in [0.29, 0.717) is 17.5 Å². The average Bonchev–Trinajstić information content (AvgIpc) is 3.39. The maximum absolute atomic E-state index is 11.7. The molecular weight excluding hydrogens is 486 g/mol. The van der Waals surface area contributed by atoms with Crippen molar-refractivity contribution in [3.8, 4) is 5.75 Å². The molecule has 1 amide bonds. The van der Waals surface area contributed by atoms with Crippen LogP contribution in [0, 0.1) is 0 Å². The molecule has 3 N–H and O–H groups in total. The summed E-state index contributed by atoms with van der Waals surface area (Å²) in [5.41, 5.74) is 4.20. The molecule has 190 valence electrons. The molecule has 2 aromatic heterocycles. The van der Waals surface area contributed by atoms with Crippen molar-refractivity contribution in [2.75, 3.05) is 61.2 Å². The molecule has 4 aromatic rings. The van der Waals surface area contributed by atoms with E-state index in [1.54, 1.807) is 18.4 Å². The smallest absolute Gasteiger partial charge is 0.247 e. The Hall–Kier alpha value is -4.15. The number of amides is 1. The zero-order valence-corrected chi connectivity index (χ0v) is 21.6. The van der Waals surface area contributed by atoms with E-state index >= 15 is 0 Å². The van der Waals surface area contributed by atoms with Crippen LogP contribution in [0.4, 0.5) is 34.5 Å². The van der Waals surface area contributed by atoms with Crippen LogP contribution < -0.4 is 25.6 Å². The van der Waals surface area contributed by atoms with Crippen molar-refractivity contribution in [3.05, 3.63) is 66.6 Å². The maximum Gasteiger partial charge on any atom is 0.247 e. The predicted molar refractivity (Wildman–Crippen MR) is 152 cm³/mol. The number of fused-ring (bicyclic) bond motifs is 1. The largest absolute Gasteiger partial charge is 0.494 e. The fourth-order valence-corrected chi connectivity index (χ4v) is 4.95. The molecule has 1 fully saturated rings. The molecule has 1 aliphatic rings. The first-order valence-corrected chi connectivity index (χ1v) is 12.8. The number of likely N-dealkylation sites (N-methyl/N-ethyl adjacent to an activating group) is 1. The predicted octanol–water partition coefficient (Wildman–Crippen LogP) is 5.06. The second kappa shape index (κ2) is 10.9. The highest BCUT2D eigenvalue weighted by Gasteiger charge is 2.17. The standard InChI is InChI=1S/C27H29N7O2S/c1-4-24(35)28-18-6-5-7-19(16-18)29-26-25-22(10-15-37-25)31-27(32-26)30-21-9-8-20(17-23(21)36-3)34-13-11-33(2)12-14-34/h4-10,15-17H,1,11-14H2,2-3H3,(H,28,35)(H2,29,30,31,32). The van der Waals surface area contributed by atoms with Gasteiger partial charge in [-0.05, 0) is 54.9 Å². The van der Waals surface area contributed by atoms with Crippen LogP contribution in [0.2, 0.25) is 0 Å². The van der Waals surface area contributed by atoms with Gasteiger partial charge in [-0.15, -0.1) is 11.3 Å². The summed E-state index contributed by atoms with van der Waals surface area (Å²) < 4.78 is 6.65. The van der Waals surface area contributed by atoms with E-state index in [0.717, 1.165) is 59.2 Å². The van der Waals surface area contributed by atoms with Gasteiger partial charge in [0, 0.05) is 49.3 Å². The number of hydrogen-bond donors (Lipinski definition) is 3. The van der Waals surface area contributed by atoms with Crippen molar-refractivity contribution in [1.29, 1.82) is 0 Å². The Morgan fingerprint density at radius 2 is 1.86 bits per heavy atom. The fourth-order valence-electron chi connectivity index (χ4n) is 4.17. The van der Waals surface area contributed by atoms with Crippen LogP contribution in [-0.4, -0.2) is 61.1 Å². The summed E-state index contributed by atoms with van der Waals surface area (Å²) in [7, 11) is 3.82. The zero-order chi connectivity index (χ0) is 25.8. The van der Waals surface area contributed by atoms with Gasteiger partial charge in [-0.1, -0.05) is 12.6 Å². The van der Waals surface area contributed by atoms with Crippen LogP contribution in [0.5, 0.6) is 5.75 Å². The number of carbonyl (C=O) groups is 1. The Morgan fingerprint density at radius 3 is 2.65 bits per heavy atom. The van der Waals surface area contributed by atoms with E-state index in [1.807, 2.05) is 41.8 Å². The molecule has 0 unspecified atom stereocenters. The molecular formula is C27H29N7O2S. The summed E-state index contributed by atoms with van der Waals surface area (Å²) in [5, 5.41) is 11.5. The number of piperazine rings is 1. The van der Waals surface area contributed by atoms with Gasteiger partial charge in [0.25, 0.3) is 0 Å². The molecule has 37 heavy (non-hydrogen) atoms. The van der Waals surface area contributed by atoms with E-state index < -0.39 is 0 Å². The first kappa shape index (κ1) is 24.5. The molecule has 1 aliphatic heterocycles. The van der Waals surface area contributed by atoms with Gasteiger partial charge in [0.05, 0.1) is 23.0 Å². The number of hydrogen-bond acceptors (Lipinski definition) is 9. The number of nitrogens with zero attached hydrogens (tertiary/aromatic N) is 4. The van der Waals surface area contributed by atoms with Crippen molar-refractivity contribution >= 4 is 62.0 Å². The second-order valence-corrected chi connectivity index (χ2v) is 9.65. The Bertz CT molecular complexity index is 1430. The van der Waals surface area contributed by atoms with Gasteiger partial charge in [-0.25, -0.2) is 4.98 Å². The summed E-state index contributed by atoms with van der Waals surface area (Å²) in [4.78, 5) is 25.9. The van der Waals surface area contributed by atoms with Crippen LogP contribution >= 0.6 is 11.3 Å². The summed E-state index contributed by atoms with van der Waals surface area (Å²) in [5.74, 6) is 1.59. The SMILES string of the molecule is C=CC(=O)Nc1cccc(Nc2nc(Nc3ccc(N4CCN(C)CC4)cc3OC)nc3ccsc23)c1. The molecule has 3 heterocycles. The highest BCUT2D eigenvalue weighted by molar-refractivity contribution is 7.17. The number of thiophene rings is 1. The summed E-state index contributed by atoms with van der Waals surface area (Å²) in [6.45, 7) is 7.54. The van der Waals surface area contributed by atoms with Crippen LogP contribution in [0.15, 0.2) is 66.6 Å². The third kappa shape index (κ3) is 5.65. The monoisotopic (exact) mass is 515 g/mol. The van der Waals surface area contributed by atoms with Crippen LogP contribution in [0.25, 0.3) is 10.2 Å². The molecule has 0 spiro atoms. The molecule has 0 aliphatic carbocycles. The van der Waals surface area contributed by atoms with Gasteiger partial charge >= 0.3 is 0 Å². The second-order valence-electron chi connectivity index (χ2n) is 8.73. The highest BCUT2D eigenvalue weighted by Crippen LogP contribution is 2.34. The number of anilines is 6. The lowest BCUT2D eigenvalue weighted by Crippen LogP contribution is -2.44. The number of carbonyl (C=O) groups excluding carboxylic acids is 1. The molecule has 1 saturated heterocycles. The average molecular weight is 516 g/mol. The molecule has 0 radical (unpaired) electrons. The molecule has 0 saturated carbocycles. The third-order valence-corrected chi connectivity index (χ3v) is 7.09. The van der Waals surface area contributed by atoms with Crippen molar-refractivity contribution in [2.24, 2.45) is 0 Å². The molecule has 0 atom stereocenters. The quantitative estimate of drug-likeness (QED) is 0.280. The molecule has 5 rings (SSSR count). The van der Waals surface area contributed by atoms with Gasteiger partial charge in [-0.3, -0.25) is 4.79 Å². The number of rotatable bonds is 8. The van der Waals surface area contributed by atoms with Gasteiger partial charge in [0.1, 0.15) is 5.75 Å². The van der Waals surface area contributed by atoms with Crippen molar-refractivity contribution < 1.29 is 9.53 Å². The molecule has 0 bridgehead atoms. The van der Waals surface area contributed by atoms with Gasteiger partial charge in [0.15, 0.2) is 5.82 Å². The Balaban J connectivity index is 1.40. The molecule has 10 heteroatoms. The maximum atomic E-state index is 11.7. The first-order chi connectivity index (χ1) is 18.0. The van der Waals surface area contributed by atoms with Crippen LogP contribution in [-0.2, 0) is 4.79 Å². The van der Waals surface area contributed by atoms with E-state index in [1.165, 1.54) is 6.08 Å². The molecule has 2 aromatic carbocycles. The normalized spacial score (nSPS) is 13.8. The van der Waals surface area contributed by atoms with Crippen LogP contribution in [0.3, 0.4) is 0 Å². The van der Waals surface area contributed by atoms with Crippen LogP contribution in [0.1, 0.15) is 0 Å². The van der Waals surface area contributed by atoms with E-state index in [9.17, 15) is 4.79 Å². The Labute approximate surface area is 219 Å². The topological polar surface area (TPSA) is 94.6 Å². The minimum absolute atomic E-state index is 0.265. The van der Waals surface area contributed by atoms with Gasteiger partial charge < -0.3 is 30.5 Å². The number of benzene rings is 2. The minimum atomic E-state index is -0.265. The van der Waals surface area contributed by atoms with E-state index in [-0.39, 0.29) is 5.91 Å². The lowest BCUT2D eigenvalue weighted by molar-refractivity contribution is -0.111. The van der Waals surface area contributed by atoms with E-state index in [4.69, 9.17) is 14.7 Å². The lowest BCUT2D eigenvalue weighted by atomic mass is 10.2. The summed E-state index contributed by atoms with van der Waals surface area (Å²) >= 11 is 1.56. The van der Waals surface area contributed by atoms with Crippen molar-refractivity contribution in [1.82, 2.24) is 14.9 Å². The number of methoxy groups -OCH3 is 1. The Kier molecular flexibility index (Phi) is 7.20. The van der Waals surface area contributed by atoms with Crippen molar-refractivity contribution in [3.63, 3.8) is 0 Å². The lowest BCUT2D eigenvalue weighted by Gasteiger charge is -2.34. The molecule has 9 nitrogen and oxygen atoms in total. The third-order valence-electron chi connectivity index (χ3n) is 6.18. The highest BCUT2D eigenvalue weighted by atomic mass is 32.1. The van der Waals surface area contributed by atoms with Crippen molar-refractivity contribution in [2.45, 2.75) is 0 Å². The summed E-state index contributed by atoms with van der Waals surface area (Å²) in [6, 6.07) is 15.6. The Morgan fingerprint density at radius 1 is 1.05 bits per heavy atom. The van der Waals surface area contributed by atoms with Gasteiger partial charge in [0.2, 0.25) is 11.9 Å². The number of ether oxygens (including phenoxy) is 1. The zero-order valence-electron chi connectivity index (χ0n) is 20.8. The summed E-state index contributed by atoms with van der Waals surface area (Å²) in [6.07, 6.45) is 1.24. The fraction of sp³-hybridized carbons (Fsp3) is 0.222. The number of nitrogens with one attached hydrogen (secondary N) is 3. The first-order valence-electron chi connectivity index (χ1n) is 12.0. The minimum Gasteiger partial charge on any atom is -0.494 e. The number of aromatic nitrogens is 2. The van der Waals surface area contributed by atoms with E-state index in [2.05, 4.69) is 51.5 Å².